The van der Waals surface area contributed by atoms with Gasteiger partial charge < -0.3 is 4.74 Å². The first-order valence-electron chi connectivity index (χ1n) is 5.85. The maximum absolute atomic E-state index is 5.13. The van der Waals surface area contributed by atoms with Gasteiger partial charge in [0.2, 0.25) is 0 Å². The van der Waals surface area contributed by atoms with Gasteiger partial charge in [-0.15, -0.1) is 5.10 Å². The van der Waals surface area contributed by atoms with Gasteiger partial charge in [-0.3, -0.25) is 4.57 Å². The maximum atomic E-state index is 5.13. The number of methoxy groups -OCH3 is 1. The molecule has 0 spiro atoms. The van der Waals surface area contributed by atoms with Crippen molar-refractivity contribution in [2.45, 2.75) is 6.92 Å². The number of ether oxygens (including phenoxy) is 1. The molecule has 0 bridgehead atoms. The van der Waals surface area contributed by atoms with Crippen molar-refractivity contribution >= 4 is 0 Å². The Kier molecular flexibility index (Phi) is 2.75. The molecule has 0 radical (unpaired) electrons. The lowest BCUT2D eigenvalue weighted by Crippen LogP contribution is -1.95. The van der Waals surface area contributed by atoms with Crippen LogP contribution in [0.3, 0.4) is 0 Å². The van der Waals surface area contributed by atoms with Crippen LogP contribution in [0, 0.1) is 6.92 Å². The second kappa shape index (κ2) is 4.56. The zero-order chi connectivity index (χ0) is 13.2. The first kappa shape index (κ1) is 11.5. The van der Waals surface area contributed by atoms with Gasteiger partial charge in [-0.05, 0) is 31.2 Å². The summed E-state index contributed by atoms with van der Waals surface area (Å²) in [5.74, 6) is 2.43. The highest BCUT2D eigenvalue weighted by molar-refractivity contribution is 5.37. The number of rotatable bonds is 3. The Balaban J connectivity index is 1.94. The Hall–Kier alpha value is -2.63. The minimum Gasteiger partial charge on any atom is -0.497 e. The molecule has 0 N–H and O–H groups in total. The zero-order valence-electron chi connectivity index (χ0n) is 10.7. The fourth-order valence-electron chi connectivity index (χ4n) is 1.85. The smallest absolute Gasteiger partial charge is 0.181 e. The summed E-state index contributed by atoms with van der Waals surface area (Å²) in [7, 11) is 1.64. The Bertz CT molecular complexity index is 683. The summed E-state index contributed by atoms with van der Waals surface area (Å²) in [5, 5.41) is 8.26. The van der Waals surface area contributed by atoms with Gasteiger partial charge in [0.1, 0.15) is 11.6 Å². The number of hydrogen-bond acceptors (Lipinski definition) is 4. The largest absolute Gasteiger partial charge is 0.497 e. The second-order valence-electron chi connectivity index (χ2n) is 4.06. The molecule has 6 heteroatoms. The first-order valence-corrected chi connectivity index (χ1v) is 5.85. The van der Waals surface area contributed by atoms with Crippen molar-refractivity contribution in [2.24, 2.45) is 0 Å². The van der Waals surface area contributed by atoms with E-state index in [4.69, 9.17) is 4.74 Å². The highest BCUT2D eigenvalue weighted by atomic mass is 16.5. The van der Waals surface area contributed by atoms with Gasteiger partial charge in [-0.2, -0.15) is 0 Å². The summed E-state index contributed by atoms with van der Waals surface area (Å²) < 4.78 is 8.73. The molecule has 0 amide bonds. The number of hydrogen-bond donors (Lipinski definition) is 0. The number of benzene rings is 1. The second-order valence-corrected chi connectivity index (χ2v) is 4.06. The summed E-state index contributed by atoms with van der Waals surface area (Å²) in [6, 6.07) is 7.63. The molecule has 0 aliphatic rings. The fraction of sp³-hybridized carbons (Fsp3) is 0.154. The van der Waals surface area contributed by atoms with E-state index in [1.54, 1.807) is 18.0 Å². The molecule has 2 aromatic heterocycles. The third-order valence-electron chi connectivity index (χ3n) is 2.89. The van der Waals surface area contributed by atoms with E-state index in [1.165, 1.54) is 0 Å². The Morgan fingerprint density at radius 2 is 1.95 bits per heavy atom. The predicted molar refractivity (Wildman–Crippen MR) is 69.8 cm³/mol. The molecule has 0 saturated heterocycles. The van der Waals surface area contributed by atoms with Gasteiger partial charge >= 0.3 is 0 Å². The van der Waals surface area contributed by atoms with E-state index in [0.717, 1.165) is 23.1 Å². The van der Waals surface area contributed by atoms with Crippen molar-refractivity contribution in [1.82, 2.24) is 24.5 Å². The molecule has 0 unspecified atom stereocenters. The van der Waals surface area contributed by atoms with E-state index in [-0.39, 0.29) is 0 Å². The average molecular weight is 255 g/mol. The lowest BCUT2D eigenvalue weighted by Gasteiger charge is -2.02. The molecule has 0 saturated carbocycles. The Morgan fingerprint density at radius 3 is 2.58 bits per heavy atom. The third kappa shape index (κ3) is 2.08. The predicted octanol–water partition coefficient (Wildman–Crippen LogP) is 1.77. The van der Waals surface area contributed by atoms with E-state index in [1.807, 2.05) is 48.1 Å². The molecule has 96 valence electrons. The Morgan fingerprint density at radius 1 is 1.16 bits per heavy atom. The molecule has 6 nitrogen and oxygen atoms in total. The number of aromatic nitrogens is 5. The SMILES string of the molecule is COc1ccc(-n2cc(-n3ccnc3C)nn2)cc1. The molecule has 0 aliphatic carbocycles. The van der Waals surface area contributed by atoms with Crippen molar-refractivity contribution in [3.8, 4) is 17.3 Å². The van der Waals surface area contributed by atoms with Gasteiger partial charge in [0, 0.05) is 12.4 Å². The van der Waals surface area contributed by atoms with Gasteiger partial charge in [-0.1, -0.05) is 5.21 Å². The normalized spacial score (nSPS) is 10.6. The fourth-order valence-corrected chi connectivity index (χ4v) is 1.85. The topological polar surface area (TPSA) is 57.8 Å². The molecular weight excluding hydrogens is 242 g/mol. The highest BCUT2D eigenvalue weighted by Crippen LogP contribution is 2.15. The van der Waals surface area contributed by atoms with Gasteiger partial charge in [0.05, 0.1) is 19.0 Å². The van der Waals surface area contributed by atoms with E-state index < -0.39 is 0 Å². The van der Waals surface area contributed by atoms with Gasteiger partial charge in [0.25, 0.3) is 0 Å². The third-order valence-corrected chi connectivity index (χ3v) is 2.89. The van der Waals surface area contributed by atoms with Crippen LogP contribution < -0.4 is 4.74 Å². The Labute approximate surface area is 110 Å². The van der Waals surface area contributed by atoms with E-state index >= 15 is 0 Å². The van der Waals surface area contributed by atoms with E-state index in [0.29, 0.717) is 0 Å². The standard InChI is InChI=1S/C13H13N5O/c1-10-14-7-8-17(10)13-9-18(16-15-13)11-3-5-12(19-2)6-4-11/h3-9H,1-2H3. The summed E-state index contributed by atoms with van der Waals surface area (Å²) in [4.78, 5) is 4.17. The molecule has 0 fully saturated rings. The van der Waals surface area contributed by atoms with Crippen LogP contribution in [-0.4, -0.2) is 31.7 Å². The molecule has 3 rings (SSSR count). The summed E-state index contributed by atoms with van der Waals surface area (Å²) in [6.45, 7) is 1.92. The summed E-state index contributed by atoms with van der Waals surface area (Å²) in [6.07, 6.45) is 5.45. The molecule has 1 aromatic carbocycles. The van der Waals surface area contributed by atoms with Crippen LogP contribution in [0.2, 0.25) is 0 Å². The van der Waals surface area contributed by atoms with E-state index in [2.05, 4.69) is 15.3 Å². The summed E-state index contributed by atoms with van der Waals surface area (Å²) >= 11 is 0. The molecule has 2 heterocycles. The average Bonchev–Trinajstić information content (AvgIpc) is 3.07. The van der Waals surface area contributed by atoms with Gasteiger partial charge in [-0.25, -0.2) is 9.67 Å². The van der Waals surface area contributed by atoms with E-state index in [9.17, 15) is 0 Å². The van der Waals surface area contributed by atoms with Crippen LogP contribution in [-0.2, 0) is 0 Å². The van der Waals surface area contributed by atoms with Crippen LogP contribution in [0.15, 0.2) is 42.9 Å². The first-order chi connectivity index (χ1) is 9.28. The summed E-state index contributed by atoms with van der Waals surface area (Å²) in [5.41, 5.74) is 0.928. The van der Waals surface area contributed by atoms with Crippen molar-refractivity contribution in [1.29, 1.82) is 0 Å². The monoisotopic (exact) mass is 255 g/mol. The molecule has 0 atom stereocenters. The lowest BCUT2D eigenvalue weighted by atomic mass is 10.3. The lowest BCUT2D eigenvalue weighted by molar-refractivity contribution is 0.414. The van der Waals surface area contributed by atoms with Crippen molar-refractivity contribution in [2.75, 3.05) is 7.11 Å². The maximum Gasteiger partial charge on any atom is 0.181 e. The van der Waals surface area contributed by atoms with Crippen LogP contribution in [0.1, 0.15) is 5.82 Å². The molecule has 19 heavy (non-hydrogen) atoms. The van der Waals surface area contributed by atoms with Crippen LogP contribution >= 0.6 is 0 Å². The highest BCUT2D eigenvalue weighted by Gasteiger charge is 2.06. The minimum absolute atomic E-state index is 0.741. The molecule has 3 aromatic rings. The minimum atomic E-state index is 0.741. The zero-order valence-corrected chi connectivity index (χ0v) is 10.7. The number of nitrogens with zero attached hydrogens (tertiary/aromatic N) is 5. The van der Waals surface area contributed by atoms with Crippen LogP contribution in [0.25, 0.3) is 11.5 Å². The molecule has 0 aliphatic heterocycles. The quantitative estimate of drug-likeness (QED) is 0.715. The number of aryl methyl sites for hydroxylation is 1. The number of imidazole rings is 1. The van der Waals surface area contributed by atoms with Gasteiger partial charge in [0.15, 0.2) is 5.82 Å². The van der Waals surface area contributed by atoms with Crippen molar-refractivity contribution in [3.63, 3.8) is 0 Å². The van der Waals surface area contributed by atoms with Crippen LogP contribution in [0.4, 0.5) is 0 Å². The molecular formula is C13H13N5O. The van der Waals surface area contributed by atoms with Crippen LogP contribution in [0.5, 0.6) is 5.75 Å². The van der Waals surface area contributed by atoms with Crippen molar-refractivity contribution < 1.29 is 4.74 Å². The van der Waals surface area contributed by atoms with Crippen molar-refractivity contribution in [3.05, 3.63) is 48.7 Å².